The molecule has 0 aromatic carbocycles. The maximum absolute atomic E-state index is 11.9. The van der Waals surface area contributed by atoms with Gasteiger partial charge in [-0.25, -0.2) is 0 Å². The molecule has 1 spiro atoms. The zero-order chi connectivity index (χ0) is 16.6. The SMILES string of the molecule is CCC(=O)N1CCC(N2CC(OCC3CC3)C23CCCCC3)CC1. The zero-order valence-corrected chi connectivity index (χ0v) is 15.3. The van der Waals surface area contributed by atoms with Crippen LogP contribution in [0.1, 0.15) is 71.1 Å². The molecule has 0 aromatic heterocycles. The number of piperidine rings is 1. The number of nitrogens with zero attached hydrogens (tertiary/aromatic N) is 2. The lowest BCUT2D eigenvalue weighted by Gasteiger charge is -2.63. The Morgan fingerprint density at radius 2 is 1.79 bits per heavy atom. The Labute approximate surface area is 146 Å². The molecule has 1 unspecified atom stereocenters. The molecule has 4 aliphatic rings. The molecule has 4 heteroatoms. The van der Waals surface area contributed by atoms with Crippen LogP contribution in [0.4, 0.5) is 0 Å². The predicted octanol–water partition coefficient (Wildman–Crippen LogP) is 3.20. The molecule has 4 rings (SSSR count). The molecule has 2 saturated carbocycles. The van der Waals surface area contributed by atoms with Crippen molar-refractivity contribution in [3.63, 3.8) is 0 Å². The molecule has 0 aromatic rings. The van der Waals surface area contributed by atoms with Crippen molar-refractivity contribution in [3.8, 4) is 0 Å². The van der Waals surface area contributed by atoms with Crippen molar-refractivity contribution >= 4 is 5.91 Å². The Balaban J connectivity index is 1.36. The molecule has 4 fully saturated rings. The van der Waals surface area contributed by atoms with Gasteiger partial charge >= 0.3 is 0 Å². The van der Waals surface area contributed by atoms with Gasteiger partial charge in [-0.1, -0.05) is 26.2 Å². The van der Waals surface area contributed by atoms with E-state index in [4.69, 9.17) is 4.74 Å². The van der Waals surface area contributed by atoms with E-state index in [1.807, 2.05) is 6.92 Å². The van der Waals surface area contributed by atoms with Crippen molar-refractivity contribution in [1.82, 2.24) is 9.80 Å². The second kappa shape index (κ2) is 6.95. The van der Waals surface area contributed by atoms with Crippen LogP contribution in [0.25, 0.3) is 0 Å². The van der Waals surface area contributed by atoms with E-state index in [9.17, 15) is 4.79 Å². The molecule has 4 nitrogen and oxygen atoms in total. The van der Waals surface area contributed by atoms with E-state index in [1.54, 1.807) is 0 Å². The number of likely N-dealkylation sites (tertiary alicyclic amines) is 2. The van der Waals surface area contributed by atoms with Crippen molar-refractivity contribution in [2.45, 2.75) is 88.8 Å². The topological polar surface area (TPSA) is 32.8 Å². The summed E-state index contributed by atoms with van der Waals surface area (Å²) in [4.78, 5) is 16.8. The van der Waals surface area contributed by atoms with Crippen LogP contribution in [0, 0.1) is 5.92 Å². The number of amides is 1. The number of hydrogen-bond acceptors (Lipinski definition) is 3. The maximum atomic E-state index is 11.9. The Morgan fingerprint density at radius 1 is 1.08 bits per heavy atom. The van der Waals surface area contributed by atoms with E-state index in [0.29, 0.717) is 30.0 Å². The van der Waals surface area contributed by atoms with Crippen molar-refractivity contribution in [1.29, 1.82) is 0 Å². The molecule has 0 N–H and O–H groups in total. The maximum Gasteiger partial charge on any atom is 0.222 e. The minimum atomic E-state index is 0.329. The second-order valence-electron chi connectivity index (χ2n) is 8.55. The first-order valence-electron chi connectivity index (χ1n) is 10.4. The number of hydrogen-bond donors (Lipinski definition) is 0. The van der Waals surface area contributed by atoms with E-state index in [-0.39, 0.29) is 0 Å². The fourth-order valence-corrected chi connectivity index (χ4v) is 5.28. The molecule has 1 atom stereocenters. The molecule has 2 aliphatic heterocycles. The largest absolute Gasteiger partial charge is 0.375 e. The molecule has 24 heavy (non-hydrogen) atoms. The first kappa shape index (κ1) is 16.8. The first-order valence-corrected chi connectivity index (χ1v) is 10.4. The van der Waals surface area contributed by atoms with Gasteiger partial charge in [-0.3, -0.25) is 9.69 Å². The molecule has 0 radical (unpaired) electrons. The highest BCUT2D eigenvalue weighted by molar-refractivity contribution is 5.75. The van der Waals surface area contributed by atoms with Crippen molar-refractivity contribution in [2.24, 2.45) is 5.92 Å². The summed E-state index contributed by atoms with van der Waals surface area (Å²) in [6.45, 7) is 6.03. The van der Waals surface area contributed by atoms with Crippen LogP contribution >= 0.6 is 0 Å². The summed E-state index contributed by atoms with van der Waals surface area (Å²) in [7, 11) is 0. The number of ether oxygens (including phenoxy) is 1. The Bertz CT molecular complexity index is 449. The summed E-state index contributed by atoms with van der Waals surface area (Å²) < 4.78 is 6.39. The average Bonchev–Trinajstić information content (AvgIpc) is 3.45. The second-order valence-corrected chi connectivity index (χ2v) is 8.55. The number of carbonyl (C=O) groups excluding carboxylic acids is 1. The molecule has 1 amide bonds. The van der Waals surface area contributed by atoms with Gasteiger partial charge in [-0.05, 0) is 44.4 Å². The van der Waals surface area contributed by atoms with Crippen LogP contribution in [0.5, 0.6) is 0 Å². The highest BCUT2D eigenvalue weighted by Gasteiger charge is 2.56. The van der Waals surface area contributed by atoms with Gasteiger partial charge in [0.1, 0.15) is 0 Å². The van der Waals surface area contributed by atoms with Gasteiger partial charge in [-0.2, -0.15) is 0 Å². The minimum Gasteiger partial charge on any atom is -0.375 e. The molecular formula is C20H34N2O2. The van der Waals surface area contributed by atoms with E-state index < -0.39 is 0 Å². The fraction of sp³-hybridized carbons (Fsp3) is 0.950. The normalized spacial score (nSPS) is 31.2. The predicted molar refractivity (Wildman–Crippen MR) is 94.9 cm³/mol. The summed E-state index contributed by atoms with van der Waals surface area (Å²) in [6, 6.07) is 0.671. The van der Waals surface area contributed by atoms with Gasteiger partial charge in [0, 0.05) is 44.2 Å². The lowest BCUT2D eigenvalue weighted by molar-refractivity contribution is -0.203. The van der Waals surface area contributed by atoms with Crippen LogP contribution in [-0.4, -0.2) is 59.6 Å². The third-order valence-corrected chi connectivity index (χ3v) is 7.04. The molecule has 2 saturated heterocycles. The molecule has 136 valence electrons. The zero-order valence-electron chi connectivity index (χ0n) is 15.3. The lowest BCUT2D eigenvalue weighted by atomic mass is 9.69. The number of rotatable bonds is 5. The third-order valence-electron chi connectivity index (χ3n) is 7.04. The van der Waals surface area contributed by atoms with Gasteiger partial charge in [0.05, 0.1) is 6.10 Å². The third kappa shape index (κ3) is 3.12. The van der Waals surface area contributed by atoms with E-state index in [2.05, 4.69) is 9.80 Å². The summed E-state index contributed by atoms with van der Waals surface area (Å²) in [5.41, 5.74) is 0.342. The van der Waals surface area contributed by atoms with Crippen LogP contribution in [0.3, 0.4) is 0 Å². The summed E-state index contributed by atoms with van der Waals surface area (Å²) >= 11 is 0. The van der Waals surface area contributed by atoms with E-state index >= 15 is 0 Å². The summed E-state index contributed by atoms with van der Waals surface area (Å²) in [5, 5.41) is 0. The molecule has 0 bridgehead atoms. The smallest absolute Gasteiger partial charge is 0.222 e. The van der Waals surface area contributed by atoms with Gasteiger partial charge in [0.15, 0.2) is 0 Å². The Morgan fingerprint density at radius 3 is 2.42 bits per heavy atom. The monoisotopic (exact) mass is 334 g/mol. The van der Waals surface area contributed by atoms with Crippen molar-refractivity contribution in [2.75, 3.05) is 26.2 Å². The standard InChI is InChI=1S/C20H34N2O2/c1-2-19(23)21-12-8-17(9-13-21)22-14-18(24-15-16-6-7-16)20(22)10-4-3-5-11-20/h16-18H,2-15H2,1H3. The lowest BCUT2D eigenvalue weighted by Crippen LogP contribution is -2.75. The van der Waals surface area contributed by atoms with Gasteiger partial charge < -0.3 is 9.64 Å². The van der Waals surface area contributed by atoms with Gasteiger partial charge in [0.25, 0.3) is 0 Å². The summed E-state index contributed by atoms with van der Waals surface area (Å²) in [6.07, 6.45) is 13.0. The molecular weight excluding hydrogens is 300 g/mol. The molecule has 2 heterocycles. The van der Waals surface area contributed by atoms with Crippen LogP contribution in [0.2, 0.25) is 0 Å². The highest BCUT2D eigenvalue weighted by Crippen LogP contribution is 2.48. The Hall–Kier alpha value is -0.610. The fourth-order valence-electron chi connectivity index (χ4n) is 5.28. The minimum absolute atomic E-state index is 0.329. The van der Waals surface area contributed by atoms with Crippen LogP contribution in [-0.2, 0) is 9.53 Å². The molecule has 2 aliphatic carbocycles. The van der Waals surface area contributed by atoms with Gasteiger partial charge in [0.2, 0.25) is 5.91 Å². The number of carbonyl (C=O) groups is 1. The summed E-state index contributed by atoms with van der Waals surface area (Å²) in [5.74, 6) is 1.19. The van der Waals surface area contributed by atoms with Crippen molar-refractivity contribution in [3.05, 3.63) is 0 Å². The van der Waals surface area contributed by atoms with Crippen molar-refractivity contribution < 1.29 is 9.53 Å². The highest BCUT2D eigenvalue weighted by atomic mass is 16.5. The Kier molecular flexibility index (Phi) is 4.88. The quantitative estimate of drug-likeness (QED) is 0.774. The average molecular weight is 335 g/mol. The van der Waals surface area contributed by atoms with Gasteiger partial charge in [-0.15, -0.1) is 0 Å². The van der Waals surface area contributed by atoms with E-state index in [0.717, 1.165) is 45.0 Å². The van der Waals surface area contributed by atoms with Crippen LogP contribution in [0.15, 0.2) is 0 Å². The van der Waals surface area contributed by atoms with E-state index in [1.165, 1.54) is 44.9 Å². The van der Waals surface area contributed by atoms with Crippen LogP contribution < -0.4 is 0 Å². The first-order chi connectivity index (χ1) is 11.7.